The van der Waals surface area contributed by atoms with E-state index in [1.165, 1.54) is 17.0 Å². The predicted octanol–water partition coefficient (Wildman–Crippen LogP) is 4.02. The number of ether oxygens (including phenoxy) is 2. The molecule has 2 N–H and O–H groups in total. The van der Waals surface area contributed by atoms with Crippen LogP contribution in [0.2, 0.25) is 0 Å². The Morgan fingerprint density at radius 2 is 1.83 bits per heavy atom. The van der Waals surface area contributed by atoms with Crippen LogP contribution in [0.15, 0.2) is 73.2 Å². The van der Waals surface area contributed by atoms with Gasteiger partial charge in [-0.2, -0.15) is 0 Å². The number of carbonyl (C=O) groups excluding carboxylic acids is 2. The number of aromatic nitrogens is 3. The number of fused-ring (bicyclic) bond motifs is 1. The Morgan fingerprint density at radius 3 is 2.63 bits per heavy atom. The molecule has 150 valence electrons. The zero-order valence-electron chi connectivity index (χ0n) is 15.9. The van der Waals surface area contributed by atoms with Crippen molar-refractivity contribution in [3.05, 3.63) is 73.2 Å². The fourth-order valence-corrected chi connectivity index (χ4v) is 2.83. The Bertz CT molecular complexity index is 1210. The molecule has 0 bridgehead atoms. The summed E-state index contributed by atoms with van der Waals surface area (Å²) in [6, 6.07) is 17.0. The average molecular weight is 403 g/mol. The second-order valence-electron chi connectivity index (χ2n) is 6.10. The Labute approximate surface area is 171 Å². The highest BCUT2D eigenvalue weighted by Gasteiger charge is 2.13. The molecule has 0 unspecified atom stereocenters. The van der Waals surface area contributed by atoms with Gasteiger partial charge in [-0.15, -0.1) is 0 Å². The molecule has 2 heterocycles. The smallest absolute Gasteiger partial charge is 0.418 e. The maximum atomic E-state index is 12.0. The van der Waals surface area contributed by atoms with Crippen LogP contribution in [0, 0.1) is 0 Å². The van der Waals surface area contributed by atoms with Crippen LogP contribution in [0.3, 0.4) is 0 Å². The van der Waals surface area contributed by atoms with E-state index in [2.05, 4.69) is 20.6 Å². The summed E-state index contributed by atoms with van der Waals surface area (Å²) < 4.78 is 12.5. The van der Waals surface area contributed by atoms with E-state index in [1.54, 1.807) is 55.7 Å². The van der Waals surface area contributed by atoms with Crippen LogP contribution in [0.25, 0.3) is 10.9 Å². The molecule has 0 spiro atoms. The van der Waals surface area contributed by atoms with E-state index < -0.39 is 6.09 Å². The van der Waals surface area contributed by atoms with Gasteiger partial charge in [0.05, 0.1) is 5.52 Å². The largest absolute Gasteiger partial charge is 0.438 e. The van der Waals surface area contributed by atoms with Crippen molar-refractivity contribution in [2.45, 2.75) is 0 Å². The van der Waals surface area contributed by atoms with Crippen molar-refractivity contribution in [1.82, 2.24) is 19.9 Å². The lowest BCUT2D eigenvalue weighted by molar-refractivity contribution is 0.215. The molecule has 2 aromatic carbocycles. The molecule has 9 heteroatoms. The van der Waals surface area contributed by atoms with E-state index in [0.29, 0.717) is 17.0 Å². The maximum Gasteiger partial charge on any atom is 0.418 e. The molecule has 0 atom stereocenters. The Morgan fingerprint density at radius 1 is 1.00 bits per heavy atom. The highest BCUT2D eigenvalue weighted by atomic mass is 16.6. The number of amides is 2. The van der Waals surface area contributed by atoms with Gasteiger partial charge in [-0.3, -0.25) is 9.88 Å². The van der Waals surface area contributed by atoms with E-state index in [1.807, 2.05) is 12.1 Å². The molecule has 0 saturated carbocycles. The number of hydrogen-bond donors (Lipinski definition) is 2. The first-order valence-electron chi connectivity index (χ1n) is 9.00. The van der Waals surface area contributed by atoms with Crippen molar-refractivity contribution >= 4 is 28.8 Å². The fraction of sp³-hybridized carbons (Fsp3) is 0.0476. The molecule has 0 aliphatic carbocycles. The number of carbonyl (C=O) groups is 2. The van der Waals surface area contributed by atoms with Crippen molar-refractivity contribution in [3.63, 3.8) is 0 Å². The third-order valence-electron chi connectivity index (χ3n) is 4.17. The van der Waals surface area contributed by atoms with Crippen LogP contribution < -0.4 is 20.1 Å². The molecular weight excluding hydrogens is 386 g/mol. The minimum Gasteiger partial charge on any atom is -0.438 e. The summed E-state index contributed by atoms with van der Waals surface area (Å²) in [5.41, 5.74) is 0.686. The predicted molar refractivity (Wildman–Crippen MR) is 110 cm³/mol. The number of para-hydroxylation sites is 1. The zero-order valence-corrected chi connectivity index (χ0v) is 15.9. The third-order valence-corrected chi connectivity index (χ3v) is 4.17. The molecule has 4 aromatic rings. The molecule has 0 aliphatic heterocycles. The van der Waals surface area contributed by atoms with Crippen molar-refractivity contribution in [1.29, 1.82) is 0 Å². The summed E-state index contributed by atoms with van der Waals surface area (Å²) >= 11 is 0. The maximum absolute atomic E-state index is 12.0. The van der Waals surface area contributed by atoms with Gasteiger partial charge in [-0.1, -0.05) is 24.3 Å². The minimum atomic E-state index is -0.685. The highest BCUT2D eigenvalue weighted by Crippen LogP contribution is 2.30. The molecule has 30 heavy (non-hydrogen) atoms. The van der Waals surface area contributed by atoms with Gasteiger partial charge in [0.15, 0.2) is 0 Å². The van der Waals surface area contributed by atoms with Crippen molar-refractivity contribution in [2.75, 3.05) is 12.4 Å². The lowest BCUT2D eigenvalue weighted by Crippen LogP contribution is -2.23. The number of benzene rings is 2. The van der Waals surface area contributed by atoms with Gasteiger partial charge < -0.3 is 14.8 Å². The van der Waals surface area contributed by atoms with Gasteiger partial charge in [0.1, 0.15) is 23.6 Å². The summed E-state index contributed by atoms with van der Waals surface area (Å²) in [4.78, 5) is 32.1. The molecule has 9 nitrogen and oxygen atoms in total. The summed E-state index contributed by atoms with van der Waals surface area (Å²) in [7, 11) is 1.56. The first kappa shape index (κ1) is 18.9. The Balaban J connectivity index is 1.51. The summed E-state index contributed by atoms with van der Waals surface area (Å²) in [6.07, 6.45) is 2.24. The Kier molecular flexibility index (Phi) is 5.25. The summed E-state index contributed by atoms with van der Waals surface area (Å²) in [6.45, 7) is 0. The molecule has 0 saturated heterocycles. The van der Waals surface area contributed by atoms with Crippen LogP contribution in [0.4, 0.5) is 15.4 Å². The highest BCUT2D eigenvalue weighted by molar-refractivity contribution is 5.94. The van der Waals surface area contributed by atoms with E-state index in [0.717, 1.165) is 5.39 Å². The standard InChI is InChI=1S/C21H17N5O4/c1-22-20(27)26-11-10-15-16(26)8-5-9-17(15)30-19-12-18(23-13-24-19)25-21(28)29-14-6-3-2-4-7-14/h2-13H,1H3,(H,22,27)(H,23,24,25,28). The normalized spacial score (nSPS) is 10.4. The van der Waals surface area contributed by atoms with Gasteiger partial charge in [0.25, 0.3) is 0 Å². The fourth-order valence-electron chi connectivity index (χ4n) is 2.83. The molecule has 4 rings (SSSR count). The monoisotopic (exact) mass is 403 g/mol. The summed E-state index contributed by atoms with van der Waals surface area (Å²) in [5.74, 6) is 1.36. The molecule has 0 fully saturated rings. The zero-order chi connectivity index (χ0) is 20.9. The quantitative estimate of drug-likeness (QED) is 0.533. The van der Waals surface area contributed by atoms with Crippen molar-refractivity contribution in [3.8, 4) is 17.4 Å². The molecule has 0 aliphatic rings. The van der Waals surface area contributed by atoms with Gasteiger partial charge in [0.2, 0.25) is 5.88 Å². The van der Waals surface area contributed by atoms with E-state index in [4.69, 9.17) is 9.47 Å². The number of anilines is 1. The third kappa shape index (κ3) is 4.04. The van der Waals surface area contributed by atoms with Gasteiger partial charge in [-0.05, 0) is 30.3 Å². The van der Waals surface area contributed by atoms with Crippen LogP contribution in [0.5, 0.6) is 17.4 Å². The average Bonchev–Trinajstić information content (AvgIpc) is 3.19. The van der Waals surface area contributed by atoms with Crippen LogP contribution in [-0.2, 0) is 0 Å². The first-order valence-corrected chi connectivity index (χ1v) is 9.00. The Hall–Kier alpha value is -4.40. The molecular formula is C21H17N5O4. The van der Waals surface area contributed by atoms with Crippen LogP contribution in [-0.4, -0.2) is 33.7 Å². The molecule has 0 radical (unpaired) electrons. The first-order chi connectivity index (χ1) is 14.6. The minimum absolute atomic E-state index is 0.219. The number of nitrogens with zero attached hydrogens (tertiary/aromatic N) is 3. The van der Waals surface area contributed by atoms with Crippen LogP contribution in [0.1, 0.15) is 0 Å². The lowest BCUT2D eigenvalue weighted by Gasteiger charge is -2.09. The lowest BCUT2D eigenvalue weighted by atomic mass is 10.2. The number of hydrogen-bond acceptors (Lipinski definition) is 6. The van der Waals surface area contributed by atoms with E-state index in [9.17, 15) is 9.59 Å². The van der Waals surface area contributed by atoms with Gasteiger partial charge in [0, 0.05) is 24.7 Å². The van der Waals surface area contributed by atoms with E-state index in [-0.39, 0.29) is 17.7 Å². The SMILES string of the molecule is CNC(=O)n1ccc2c(Oc3cc(NC(=O)Oc4ccccc4)ncn3)cccc21. The molecule has 2 aromatic heterocycles. The van der Waals surface area contributed by atoms with Gasteiger partial charge in [-0.25, -0.2) is 19.6 Å². The topological polar surface area (TPSA) is 107 Å². The number of nitrogens with one attached hydrogen (secondary N) is 2. The second-order valence-corrected chi connectivity index (χ2v) is 6.10. The van der Waals surface area contributed by atoms with Gasteiger partial charge >= 0.3 is 12.1 Å². The van der Waals surface area contributed by atoms with Crippen molar-refractivity contribution in [2.24, 2.45) is 0 Å². The van der Waals surface area contributed by atoms with Crippen molar-refractivity contribution < 1.29 is 19.1 Å². The molecule has 2 amide bonds. The van der Waals surface area contributed by atoms with Crippen LogP contribution >= 0.6 is 0 Å². The number of rotatable bonds is 4. The van der Waals surface area contributed by atoms with E-state index >= 15 is 0 Å². The summed E-state index contributed by atoms with van der Waals surface area (Å²) in [5, 5.41) is 5.85. The second kappa shape index (κ2) is 8.31.